The van der Waals surface area contributed by atoms with Crippen LogP contribution in [0.1, 0.15) is 38.2 Å². The van der Waals surface area contributed by atoms with E-state index >= 15 is 0 Å². The number of carbonyl (C=O) groups excluding carboxylic acids is 2. The second kappa shape index (κ2) is 9.77. The lowest BCUT2D eigenvalue weighted by Gasteiger charge is -2.24. The van der Waals surface area contributed by atoms with Crippen LogP contribution in [0.15, 0.2) is 43.0 Å². The Bertz CT molecular complexity index is 463. The van der Waals surface area contributed by atoms with Gasteiger partial charge in [-0.3, -0.25) is 9.59 Å². The fourth-order valence-corrected chi connectivity index (χ4v) is 2.41. The molecule has 1 aromatic carbocycles. The standard InChI is InChI=1S/C18H24O4/c1-4-7-13-15(14-11-9-8-10-12-14)16(17(19)21-5-2)18(20)22-6-3/h4,8-12,15-16H,1,5-7,13H2,2-3H3/t15-/m1/s1. The number of esters is 2. The van der Waals surface area contributed by atoms with Crippen molar-refractivity contribution in [1.82, 2.24) is 0 Å². The Balaban J connectivity index is 3.13. The molecule has 0 aliphatic carbocycles. The first-order valence-corrected chi connectivity index (χ1v) is 7.64. The maximum absolute atomic E-state index is 12.3. The molecule has 0 fully saturated rings. The molecule has 0 aliphatic heterocycles. The zero-order chi connectivity index (χ0) is 16.4. The maximum atomic E-state index is 12.3. The summed E-state index contributed by atoms with van der Waals surface area (Å²) < 4.78 is 10.2. The van der Waals surface area contributed by atoms with E-state index in [1.165, 1.54) is 0 Å². The summed E-state index contributed by atoms with van der Waals surface area (Å²) in [6, 6.07) is 9.52. The molecule has 0 bridgehead atoms. The van der Waals surface area contributed by atoms with Crippen LogP contribution in [0.5, 0.6) is 0 Å². The van der Waals surface area contributed by atoms with E-state index < -0.39 is 17.9 Å². The Hall–Kier alpha value is -2.10. The second-order valence-corrected chi connectivity index (χ2v) is 4.86. The number of hydrogen-bond donors (Lipinski definition) is 0. The first kappa shape index (κ1) is 18.0. The number of carbonyl (C=O) groups is 2. The molecule has 22 heavy (non-hydrogen) atoms. The molecule has 0 N–H and O–H groups in total. The Morgan fingerprint density at radius 2 is 1.64 bits per heavy atom. The molecule has 1 aromatic rings. The highest BCUT2D eigenvalue weighted by molar-refractivity contribution is 5.96. The SMILES string of the molecule is C=CCC[C@H](c1ccccc1)C(C(=O)OCC)C(=O)OCC. The average molecular weight is 304 g/mol. The third-order valence-electron chi connectivity index (χ3n) is 3.39. The van der Waals surface area contributed by atoms with Crippen molar-refractivity contribution in [3.05, 3.63) is 48.6 Å². The summed E-state index contributed by atoms with van der Waals surface area (Å²) in [6.07, 6.45) is 3.12. The van der Waals surface area contributed by atoms with E-state index in [2.05, 4.69) is 6.58 Å². The lowest BCUT2D eigenvalue weighted by Crippen LogP contribution is -2.33. The van der Waals surface area contributed by atoms with Crippen molar-refractivity contribution in [2.45, 2.75) is 32.6 Å². The van der Waals surface area contributed by atoms with Gasteiger partial charge in [0.15, 0.2) is 5.92 Å². The molecular formula is C18H24O4. The first-order valence-electron chi connectivity index (χ1n) is 7.64. The minimum Gasteiger partial charge on any atom is -0.465 e. The summed E-state index contributed by atoms with van der Waals surface area (Å²) in [4.78, 5) is 24.6. The van der Waals surface area contributed by atoms with Crippen LogP contribution in [0.4, 0.5) is 0 Å². The van der Waals surface area contributed by atoms with Crippen LogP contribution in [-0.4, -0.2) is 25.2 Å². The van der Waals surface area contributed by atoms with Crippen molar-refractivity contribution >= 4 is 11.9 Å². The monoisotopic (exact) mass is 304 g/mol. The molecule has 0 amide bonds. The zero-order valence-corrected chi connectivity index (χ0v) is 13.3. The molecule has 0 unspecified atom stereocenters. The largest absolute Gasteiger partial charge is 0.465 e. The van der Waals surface area contributed by atoms with Crippen molar-refractivity contribution in [1.29, 1.82) is 0 Å². The molecule has 0 aliphatic rings. The number of rotatable bonds is 9. The molecular weight excluding hydrogens is 280 g/mol. The molecule has 1 atom stereocenters. The van der Waals surface area contributed by atoms with Crippen molar-refractivity contribution < 1.29 is 19.1 Å². The van der Waals surface area contributed by atoms with Gasteiger partial charge in [0.2, 0.25) is 0 Å². The number of ether oxygens (including phenoxy) is 2. The van der Waals surface area contributed by atoms with Crippen molar-refractivity contribution in [3.63, 3.8) is 0 Å². The number of allylic oxidation sites excluding steroid dienone is 1. The van der Waals surface area contributed by atoms with Crippen molar-refractivity contribution in [2.24, 2.45) is 5.92 Å². The molecule has 0 heterocycles. The molecule has 0 radical (unpaired) electrons. The van der Waals surface area contributed by atoms with E-state index in [0.29, 0.717) is 12.8 Å². The summed E-state index contributed by atoms with van der Waals surface area (Å²) in [5.41, 5.74) is 0.926. The van der Waals surface area contributed by atoms with Gasteiger partial charge in [0.05, 0.1) is 13.2 Å². The minimum atomic E-state index is -0.942. The smallest absolute Gasteiger partial charge is 0.320 e. The van der Waals surface area contributed by atoms with Gasteiger partial charge in [-0.2, -0.15) is 0 Å². The highest BCUT2D eigenvalue weighted by Crippen LogP contribution is 2.31. The van der Waals surface area contributed by atoms with E-state index in [0.717, 1.165) is 5.56 Å². The van der Waals surface area contributed by atoms with Crippen LogP contribution >= 0.6 is 0 Å². The van der Waals surface area contributed by atoms with Gasteiger partial charge in [-0.05, 0) is 32.3 Å². The van der Waals surface area contributed by atoms with Gasteiger partial charge in [-0.15, -0.1) is 6.58 Å². The Morgan fingerprint density at radius 3 is 2.09 bits per heavy atom. The molecule has 0 saturated heterocycles. The lowest BCUT2D eigenvalue weighted by molar-refractivity contribution is -0.162. The third kappa shape index (κ3) is 5.02. The van der Waals surface area contributed by atoms with Gasteiger partial charge < -0.3 is 9.47 Å². The molecule has 120 valence electrons. The Morgan fingerprint density at radius 1 is 1.09 bits per heavy atom. The molecule has 4 nitrogen and oxygen atoms in total. The van der Waals surface area contributed by atoms with Gasteiger partial charge in [-0.1, -0.05) is 36.4 Å². The zero-order valence-electron chi connectivity index (χ0n) is 13.3. The van der Waals surface area contributed by atoms with Gasteiger partial charge >= 0.3 is 11.9 Å². The second-order valence-electron chi connectivity index (χ2n) is 4.86. The van der Waals surface area contributed by atoms with Crippen LogP contribution in [0.2, 0.25) is 0 Å². The fourth-order valence-electron chi connectivity index (χ4n) is 2.41. The van der Waals surface area contributed by atoms with Crippen LogP contribution in [0, 0.1) is 5.92 Å². The summed E-state index contributed by atoms with van der Waals surface area (Å²) in [7, 11) is 0. The average Bonchev–Trinajstić information content (AvgIpc) is 2.52. The topological polar surface area (TPSA) is 52.6 Å². The van der Waals surface area contributed by atoms with Crippen molar-refractivity contribution in [3.8, 4) is 0 Å². The minimum absolute atomic E-state index is 0.234. The van der Waals surface area contributed by atoms with E-state index in [1.54, 1.807) is 19.9 Å². The predicted molar refractivity (Wildman–Crippen MR) is 85.4 cm³/mol. The molecule has 0 saturated carbocycles. The summed E-state index contributed by atoms with van der Waals surface area (Å²) in [5.74, 6) is -2.28. The van der Waals surface area contributed by atoms with Crippen molar-refractivity contribution in [2.75, 3.05) is 13.2 Å². The normalized spacial score (nSPS) is 11.8. The first-order chi connectivity index (χ1) is 10.7. The van der Waals surface area contributed by atoms with Gasteiger partial charge in [-0.25, -0.2) is 0 Å². The maximum Gasteiger partial charge on any atom is 0.320 e. The van der Waals surface area contributed by atoms with E-state index in [4.69, 9.17) is 9.47 Å². The van der Waals surface area contributed by atoms with Crippen LogP contribution in [0.25, 0.3) is 0 Å². The summed E-state index contributed by atoms with van der Waals surface area (Å²) in [5, 5.41) is 0. The summed E-state index contributed by atoms with van der Waals surface area (Å²) in [6.45, 7) is 7.63. The number of hydrogen-bond acceptors (Lipinski definition) is 4. The summed E-state index contributed by atoms with van der Waals surface area (Å²) >= 11 is 0. The molecule has 1 rings (SSSR count). The van der Waals surface area contributed by atoms with Gasteiger partial charge in [0, 0.05) is 5.92 Å². The molecule has 4 heteroatoms. The van der Waals surface area contributed by atoms with Crippen LogP contribution in [0.3, 0.4) is 0 Å². The predicted octanol–water partition coefficient (Wildman–Crippen LogP) is 3.48. The van der Waals surface area contributed by atoms with Crippen LogP contribution < -0.4 is 0 Å². The molecule has 0 spiro atoms. The van der Waals surface area contributed by atoms with Gasteiger partial charge in [0.1, 0.15) is 0 Å². The molecule has 0 aromatic heterocycles. The van der Waals surface area contributed by atoms with Crippen LogP contribution in [-0.2, 0) is 19.1 Å². The van der Waals surface area contributed by atoms with E-state index in [9.17, 15) is 9.59 Å². The van der Waals surface area contributed by atoms with E-state index in [1.807, 2.05) is 30.3 Å². The Labute approximate surface area is 132 Å². The number of benzene rings is 1. The fraction of sp³-hybridized carbons (Fsp3) is 0.444. The van der Waals surface area contributed by atoms with Gasteiger partial charge in [0.25, 0.3) is 0 Å². The lowest BCUT2D eigenvalue weighted by atomic mass is 9.82. The quantitative estimate of drug-likeness (QED) is 0.398. The Kier molecular flexibility index (Phi) is 7.97. The third-order valence-corrected chi connectivity index (χ3v) is 3.39. The highest BCUT2D eigenvalue weighted by Gasteiger charge is 2.37. The highest BCUT2D eigenvalue weighted by atomic mass is 16.6. The van der Waals surface area contributed by atoms with E-state index in [-0.39, 0.29) is 19.1 Å².